The van der Waals surface area contributed by atoms with Gasteiger partial charge in [-0.3, -0.25) is 0 Å². The molecule has 6 aromatic carbocycles. The van der Waals surface area contributed by atoms with Gasteiger partial charge in [-0.2, -0.15) is 0 Å². The third-order valence-electron chi connectivity index (χ3n) is 21.4. The molecule has 0 amide bonds. The van der Waals surface area contributed by atoms with Crippen molar-refractivity contribution in [3.63, 3.8) is 0 Å². The number of benzene rings is 6. The van der Waals surface area contributed by atoms with E-state index in [1.807, 2.05) is 11.1 Å². The monoisotopic (exact) mass is 1110 g/mol. The maximum Gasteiger partial charge on any atom is -0.147 e. The van der Waals surface area contributed by atoms with E-state index in [0.29, 0.717) is 18.1 Å². The molecule has 0 aliphatic heterocycles. The van der Waals surface area contributed by atoms with Gasteiger partial charge in [0.2, 0.25) is 0 Å². The van der Waals surface area contributed by atoms with E-state index in [-0.39, 0.29) is 24.8 Å². The van der Waals surface area contributed by atoms with Crippen molar-refractivity contribution in [3.05, 3.63) is 177 Å². The Bertz CT molecular complexity index is 3020. The van der Waals surface area contributed by atoms with Gasteiger partial charge in [-0.05, 0) is 0 Å². The normalized spacial score (nSPS) is 29.8. The van der Waals surface area contributed by atoms with E-state index in [9.17, 15) is 0 Å². The van der Waals surface area contributed by atoms with Crippen LogP contribution in [0.3, 0.4) is 0 Å². The minimum Gasteiger partial charge on any atom is -0.147 e. The molecule has 16 rings (SSSR count). The van der Waals surface area contributed by atoms with Gasteiger partial charge in [-0.1, -0.05) is 0 Å². The van der Waals surface area contributed by atoms with Crippen LogP contribution in [0, 0.1) is 74.0 Å². The van der Waals surface area contributed by atoms with E-state index in [1.165, 1.54) is 157 Å². The molecule has 0 radical (unpaired) electrons. The number of hydrogen-bond acceptors (Lipinski definition) is 0. The molecule has 0 aromatic heterocycles. The molecule has 0 nitrogen and oxygen atoms in total. The fourth-order valence-corrected chi connectivity index (χ4v) is 39.0. The second-order valence-electron chi connectivity index (χ2n) is 27.9. The van der Waals surface area contributed by atoms with Crippen LogP contribution in [0.25, 0.3) is 56.7 Å². The molecule has 74 heavy (non-hydrogen) atoms. The van der Waals surface area contributed by atoms with Gasteiger partial charge in [0.25, 0.3) is 0 Å². The number of hydrogen-bond donors (Lipinski definition) is 0. The van der Waals surface area contributed by atoms with Gasteiger partial charge in [-0.25, -0.2) is 0 Å². The Morgan fingerprint density at radius 3 is 0.892 bits per heavy atom. The minimum absolute atomic E-state index is 0. The van der Waals surface area contributed by atoms with Crippen molar-refractivity contribution in [2.75, 3.05) is 0 Å². The molecule has 8 saturated carbocycles. The molecule has 2 unspecified atom stereocenters. The fraction of sp³-hybridized carbons (Fsp3) is 0.429. The smallest absolute Gasteiger partial charge is 0.147 e. The third kappa shape index (κ3) is 8.59. The van der Waals surface area contributed by atoms with Crippen LogP contribution in [0.1, 0.15) is 142 Å². The van der Waals surface area contributed by atoms with Crippen LogP contribution >= 0.6 is 24.8 Å². The van der Waals surface area contributed by atoms with E-state index >= 15 is 0 Å². The summed E-state index contributed by atoms with van der Waals surface area (Å²) in [6.07, 6.45) is 26.1. The van der Waals surface area contributed by atoms with Gasteiger partial charge in [-0.15, -0.1) is 24.8 Å². The molecule has 10 aliphatic rings. The summed E-state index contributed by atoms with van der Waals surface area (Å²) in [4.78, 5) is 0. The first kappa shape index (κ1) is 51.2. The summed E-state index contributed by atoms with van der Waals surface area (Å²) >= 11 is -4.42. The van der Waals surface area contributed by atoms with Gasteiger partial charge in [0.1, 0.15) is 0 Å². The minimum atomic E-state index is -4.42. The largest absolute Gasteiger partial charge is 0.147 e. The predicted octanol–water partition coefficient (Wildman–Crippen LogP) is 19.6. The Kier molecular flexibility index (Phi) is 12.9. The van der Waals surface area contributed by atoms with Crippen molar-refractivity contribution >= 4 is 43.8 Å². The Labute approximate surface area is 459 Å². The number of rotatable bonds is 10. The van der Waals surface area contributed by atoms with Gasteiger partial charge in [0.05, 0.1) is 0 Å². The van der Waals surface area contributed by atoms with Gasteiger partial charge in [0, 0.05) is 0 Å². The van der Waals surface area contributed by atoms with Crippen LogP contribution in [-0.2, 0) is 17.4 Å². The molecule has 0 heterocycles. The van der Waals surface area contributed by atoms with Gasteiger partial charge in [0.15, 0.2) is 0 Å². The first-order chi connectivity index (χ1) is 34.6. The summed E-state index contributed by atoms with van der Waals surface area (Å²) in [5.74, 6) is 5.63. The summed E-state index contributed by atoms with van der Waals surface area (Å²) in [7, 11) is 0. The zero-order valence-corrected chi connectivity index (χ0v) is 50.7. The summed E-state index contributed by atoms with van der Waals surface area (Å²) in [6, 6.07) is 48.7. The van der Waals surface area contributed by atoms with E-state index < -0.39 is 17.4 Å². The Hall–Kier alpha value is -3.52. The average molecular weight is 1110 g/mol. The van der Waals surface area contributed by atoms with E-state index in [0.717, 1.165) is 35.5 Å². The molecule has 8 bridgehead atoms. The SMILES string of the molecule is Cc1ccc(-c2ccc(-c3ccc(C)cc3)c3c2C=C(CC24CC5CC(CC(C5)C2)C4)[CH]3[Zr]([CH3])([CH3])(=[SiH2])[CH]2C(CC34CC5CC(CC(C5)C3)C4)=Cc3c(-c4ccc(C)cc4)ccc(-c4ccc(C)cc4)c32)cc1.Cl.Cl. The van der Waals surface area contributed by atoms with Crippen LogP contribution in [-0.4, -0.2) is 6.88 Å². The second kappa shape index (κ2) is 18.6. The van der Waals surface area contributed by atoms with Crippen LogP contribution in [0.5, 0.6) is 0 Å². The molecule has 0 N–H and O–H groups in total. The van der Waals surface area contributed by atoms with E-state index in [4.69, 9.17) is 0 Å². The van der Waals surface area contributed by atoms with Crippen molar-refractivity contribution in [1.82, 2.24) is 0 Å². The summed E-state index contributed by atoms with van der Waals surface area (Å²) in [5, 5.41) is 0. The molecule has 6 aromatic rings. The summed E-state index contributed by atoms with van der Waals surface area (Å²) < 4.78 is 6.91. The molecule has 0 saturated heterocycles. The summed E-state index contributed by atoms with van der Waals surface area (Å²) in [5.41, 5.74) is 27.8. The zero-order valence-electron chi connectivity index (χ0n) is 45.2. The third-order valence-corrected chi connectivity index (χ3v) is 38.8. The maximum atomic E-state index is 3.02. The Morgan fingerprint density at radius 1 is 0.378 bits per heavy atom. The van der Waals surface area contributed by atoms with E-state index in [1.54, 1.807) is 22.3 Å². The van der Waals surface area contributed by atoms with Crippen molar-refractivity contribution in [3.8, 4) is 44.5 Å². The Balaban J connectivity index is 0.00000278. The van der Waals surface area contributed by atoms with Gasteiger partial charge < -0.3 is 0 Å². The van der Waals surface area contributed by atoms with Crippen LogP contribution in [0.4, 0.5) is 0 Å². The molecule has 0 spiro atoms. The van der Waals surface area contributed by atoms with Crippen molar-refractivity contribution in [1.29, 1.82) is 0 Å². The Morgan fingerprint density at radius 2 is 0.622 bits per heavy atom. The molecule has 10 aliphatic carbocycles. The predicted molar refractivity (Wildman–Crippen MR) is 320 cm³/mol. The van der Waals surface area contributed by atoms with Gasteiger partial charge >= 0.3 is 438 Å². The first-order valence-corrected chi connectivity index (χ1v) is 42.4. The van der Waals surface area contributed by atoms with Crippen LogP contribution in [0.15, 0.2) is 132 Å². The quantitative estimate of drug-likeness (QED) is 0.120. The second-order valence-corrected chi connectivity index (χ2v) is 58.3. The standard InChI is InChI=1S/2C34H35.2CH3.2ClH.H2Si.Zr/c2*1-22-3-7-28(8-4-22)30-11-12-31(29-9-5-23(2)6-10-29)33-17-27(16-32(30)33)21-34-18-24-13-25(19-34)15-26(14-24)20-34;;;;;;/h2*3-12,16-17,24-26H,13-15,18-21H2,1-2H3;2*1H3;2*1H;1H2;. The summed E-state index contributed by atoms with van der Waals surface area (Å²) in [6.45, 7) is 11.7. The number of aryl methyl sites for hydroxylation is 4. The van der Waals surface area contributed by atoms with Crippen LogP contribution in [0.2, 0.25) is 9.26 Å². The molecule has 382 valence electrons. The molecular weight excluding hydrogens is 1030 g/mol. The molecule has 2 atom stereocenters. The van der Waals surface area contributed by atoms with Crippen molar-refractivity contribution < 1.29 is 17.4 Å². The molecule has 4 heteroatoms. The topological polar surface area (TPSA) is 0 Å². The van der Waals surface area contributed by atoms with Crippen LogP contribution < -0.4 is 0 Å². The molecular formula is C70H80Cl2SiZr. The molecule has 8 fully saturated rings. The zero-order chi connectivity index (χ0) is 48.9. The average Bonchev–Trinajstić information content (AvgIpc) is 3.91. The van der Waals surface area contributed by atoms with Crippen molar-refractivity contribution in [2.45, 2.75) is 134 Å². The number of allylic oxidation sites excluding steroid dienone is 2. The first-order valence-electron chi connectivity index (χ1n) is 28.7. The number of fused-ring (bicyclic) bond motifs is 2. The maximum absolute atomic E-state index is 4.42. The number of halogens is 2. The fourth-order valence-electron chi connectivity index (χ4n) is 19.6. The van der Waals surface area contributed by atoms with E-state index in [2.05, 4.69) is 177 Å². The van der Waals surface area contributed by atoms with Crippen molar-refractivity contribution in [2.24, 2.45) is 46.3 Å².